The van der Waals surface area contributed by atoms with Crippen LogP contribution in [0, 0.1) is 11.3 Å². The van der Waals surface area contributed by atoms with Gasteiger partial charge in [0, 0.05) is 12.2 Å². The van der Waals surface area contributed by atoms with Crippen LogP contribution in [0.1, 0.15) is 18.6 Å². The maximum Gasteiger partial charge on any atom is 0.172 e. The van der Waals surface area contributed by atoms with E-state index in [2.05, 4.69) is 6.07 Å². The third-order valence-corrected chi connectivity index (χ3v) is 2.17. The number of benzene rings is 1. The Morgan fingerprint density at radius 3 is 2.56 bits per heavy atom. The lowest BCUT2D eigenvalue weighted by molar-refractivity contribution is 0.0996. The molecule has 16 heavy (non-hydrogen) atoms. The number of hydrogen-bond acceptors (Lipinski definition) is 4. The summed E-state index contributed by atoms with van der Waals surface area (Å²) < 4.78 is 15.7. The first-order valence-electron chi connectivity index (χ1n) is 5.00. The standard InChI is InChI=1S/C12H15NO3/c1-4-16-11(8-13)9-6-5-7-10(14-2)12(9)15-3/h5-7,11H,4H2,1-3H3. The summed E-state index contributed by atoms with van der Waals surface area (Å²) in [5.41, 5.74) is 0.686. The molecule has 0 radical (unpaired) electrons. The molecule has 1 rings (SSSR count). The second-order valence-electron chi connectivity index (χ2n) is 3.05. The molecule has 0 N–H and O–H groups in total. The molecule has 0 aliphatic heterocycles. The lowest BCUT2D eigenvalue weighted by Gasteiger charge is -2.15. The van der Waals surface area contributed by atoms with E-state index in [0.717, 1.165) is 0 Å². The molecule has 0 fully saturated rings. The Balaban J connectivity index is 3.16. The van der Waals surface area contributed by atoms with E-state index in [4.69, 9.17) is 19.5 Å². The van der Waals surface area contributed by atoms with Gasteiger partial charge in [-0.15, -0.1) is 0 Å². The summed E-state index contributed by atoms with van der Waals surface area (Å²) in [6, 6.07) is 7.47. The molecule has 0 aliphatic rings. The van der Waals surface area contributed by atoms with Crippen molar-refractivity contribution in [1.29, 1.82) is 5.26 Å². The van der Waals surface area contributed by atoms with E-state index in [1.807, 2.05) is 6.92 Å². The third kappa shape index (κ3) is 2.44. The van der Waals surface area contributed by atoms with Crippen LogP contribution < -0.4 is 9.47 Å². The van der Waals surface area contributed by atoms with Gasteiger partial charge >= 0.3 is 0 Å². The van der Waals surface area contributed by atoms with Crippen LogP contribution in [0.4, 0.5) is 0 Å². The van der Waals surface area contributed by atoms with Crippen molar-refractivity contribution in [1.82, 2.24) is 0 Å². The highest BCUT2D eigenvalue weighted by atomic mass is 16.5. The first-order valence-corrected chi connectivity index (χ1v) is 5.00. The molecule has 1 aromatic carbocycles. The Morgan fingerprint density at radius 2 is 2.06 bits per heavy atom. The minimum absolute atomic E-state index is 0.471. The summed E-state index contributed by atoms with van der Waals surface area (Å²) in [5.74, 6) is 1.14. The Labute approximate surface area is 95.4 Å². The van der Waals surface area contributed by atoms with Crippen molar-refractivity contribution in [3.63, 3.8) is 0 Å². The van der Waals surface area contributed by atoms with Gasteiger partial charge in [-0.25, -0.2) is 0 Å². The van der Waals surface area contributed by atoms with Crippen LogP contribution in [-0.4, -0.2) is 20.8 Å². The fraction of sp³-hybridized carbons (Fsp3) is 0.417. The highest BCUT2D eigenvalue weighted by Gasteiger charge is 2.18. The van der Waals surface area contributed by atoms with Crippen LogP contribution in [0.5, 0.6) is 11.5 Å². The van der Waals surface area contributed by atoms with Gasteiger partial charge < -0.3 is 14.2 Å². The number of rotatable bonds is 5. The predicted molar refractivity (Wildman–Crippen MR) is 59.5 cm³/mol. The topological polar surface area (TPSA) is 51.5 Å². The second-order valence-corrected chi connectivity index (χ2v) is 3.05. The maximum atomic E-state index is 9.02. The monoisotopic (exact) mass is 221 g/mol. The van der Waals surface area contributed by atoms with Crippen molar-refractivity contribution < 1.29 is 14.2 Å². The molecule has 1 atom stereocenters. The van der Waals surface area contributed by atoms with Crippen molar-refractivity contribution >= 4 is 0 Å². The molecule has 0 spiro atoms. The highest BCUT2D eigenvalue weighted by molar-refractivity contribution is 5.48. The molecule has 0 saturated heterocycles. The van der Waals surface area contributed by atoms with Crippen molar-refractivity contribution in [3.05, 3.63) is 23.8 Å². The van der Waals surface area contributed by atoms with Gasteiger partial charge in [-0.1, -0.05) is 12.1 Å². The molecule has 4 heteroatoms. The fourth-order valence-electron chi connectivity index (χ4n) is 1.48. The molecular formula is C12H15NO3. The molecule has 0 aromatic heterocycles. The Morgan fingerprint density at radius 1 is 1.31 bits per heavy atom. The van der Waals surface area contributed by atoms with Crippen LogP contribution in [-0.2, 0) is 4.74 Å². The minimum Gasteiger partial charge on any atom is -0.493 e. The summed E-state index contributed by atoms with van der Waals surface area (Å²) >= 11 is 0. The summed E-state index contributed by atoms with van der Waals surface area (Å²) in [5, 5.41) is 9.02. The van der Waals surface area contributed by atoms with Gasteiger partial charge in [0.05, 0.1) is 20.3 Å². The Bertz CT molecular complexity index is 384. The summed E-state index contributed by atoms with van der Waals surface area (Å²) in [6.07, 6.45) is -0.630. The van der Waals surface area contributed by atoms with Crippen molar-refractivity contribution in [3.8, 4) is 17.6 Å². The minimum atomic E-state index is -0.630. The predicted octanol–water partition coefficient (Wildman–Crippen LogP) is 2.30. The normalized spacial score (nSPS) is 11.6. The van der Waals surface area contributed by atoms with Gasteiger partial charge in [-0.05, 0) is 13.0 Å². The maximum absolute atomic E-state index is 9.02. The molecule has 4 nitrogen and oxygen atoms in total. The zero-order valence-electron chi connectivity index (χ0n) is 9.69. The average Bonchev–Trinajstić information content (AvgIpc) is 2.34. The molecule has 0 heterocycles. The Hall–Kier alpha value is -1.73. The van der Waals surface area contributed by atoms with Crippen molar-refractivity contribution in [2.24, 2.45) is 0 Å². The average molecular weight is 221 g/mol. The van der Waals surface area contributed by atoms with E-state index >= 15 is 0 Å². The largest absolute Gasteiger partial charge is 0.493 e. The first-order chi connectivity index (χ1) is 7.78. The van der Waals surface area contributed by atoms with Gasteiger partial charge in [0.25, 0.3) is 0 Å². The Kier molecular flexibility index (Phi) is 4.62. The lowest BCUT2D eigenvalue weighted by Crippen LogP contribution is -2.04. The van der Waals surface area contributed by atoms with E-state index in [0.29, 0.717) is 23.7 Å². The smallest absolute Gasteiger partial charge is 0.172 e. The fourth-order valence-corrected chi connectivity index (χ4v) is 1.48. The highest BCUT2D eigenvalue weighted by Crippen LogP contribution is 2.35. The quantitative estimate of drug-likeness (QED) is 0.765. The van der Waals surface area contributed by atoms with Crippen LogP contribution in [0.3, 0.4) is 0 Å². The zero-order chi connectivity index (χ0) is 12.0. The summed E-state index contributed by atoms with van der Waals surface area (Å²) in [4.78, 5) is 0. The van der Waals surface area contributed by atoms with E-state index in [1.54, 1.807) is 32.4 Å². The van der Waals surface area contributed by atoms with Gasteiger partial charge in [-0.2, -0.15) is 5.26 Å². The van der Waals surface area contributed by atoms with E-state index in [9.17, 15) is 0 Å². The van der Waals surface area contributed by atoms with Crippen LogP contribution in [0.2, 0.25) is 0 Å². The van der Waals surface area contributed by atoms with Crippen molar-refractivity contribution in [2.75, 3.05) is 20.8 Å². The van der Waals surface area contributed by atoms with Crippen molar-refractivity contribution in [2.45, 2.75) is 13.0 Å². The number of hydrogen-bond donors (Lipinski definition) is 0. The van der Waals surface area contributed by atoms with E-state index < -0.39 is 6.10 Å². The molecule has 1 unspecified atom stereocenters. The molecule has 0 bridgehead atoms. The number of nitriles is 1. The lowest BCUT2D eigenvalue weighted by atomic mass is 10.1. The number of nitrogens with zero attached hydrogens (tertiary/aromatic N) is 1. The molecule has 0 amide bonds. The van der Waals surface area contributed by atoms with Gasteiger partial charge in [0.15, 0.2) is 17.6 Å². The molecule has 0 saturated carbocycles. The number of methoxy groups -OCH3 is 2. The SMILES string of the molecule is CCOC(C#N)c1cccc(OC)c1OC. The van der Waals surface area contributed by atoms with E-state index in [1.165, 1.54) is 0 Å². The number of para-hydroxylation sites is 1. The number of ether oxygens (including phenoxy) is 3. The molecule has 0 aliphatic carbocycles. The van der Waals surface area contributed by atoms with Crippen LogP contribution in [0.25, 0.3) is 0 Å². The van der Waals surface area contributed by atoms with E-state index in [-0.39, 0.29) is 0 Å². The van der Waals surface area contributed by atoms with Gasteiger partial charge in [-0.3, -0.25) is 0 Å². The van der Waals surface area contributed by atoms with Gasteiger partial charge in [0.2, 0.25) is 0 Å². The first kappa shape index (κ1) is 12.3. The van der Waals surface area contributed by atoms with Crippen LogP contribution >= 0.6 is 0 Å². The molecular weight excluding hydrogens is 206 g/mol. The third-order valence-electron chi connectivity index (χ3n) is 2.17. The summed E-state index contributed by atoms with van der Waals surface area (Å²) in [7, 11) is 3.10. The van der Waals surface area contributed by atoms with Gasteiger partial charge in [0.1, 0.15) is 0 Å². The van der Waals surface area contributed by atoms with Crippen LogP contribution in [0.15, 0.2) is 18.2 Å². The second kappa shape index (κ2) is 5.99. The molecule has 86 valence electrons. The summed E-state index contributed by atoms with van der Waals surface area (Å²) in [6.45, 7) is 2.32. The molecule has 1 aromatic rings. The zero-order valence-corrected chi connectivity index (χ0v) is 9.69.